The quantitative estimate of drug-likeness (QED) is 0.637. The molecule has 6 nitrogen and oxygen atoms in total. The molecule has 23 heavy (non-hydrogen) atoms. The molecule has 0 saturated carbocycles. The predicted molar refractivity (Wildman–Crippen MR) is 89.5 cm³/mol. The highest BCUT2D eigenvalue weighted by Crippen LogP contribution is 2.32. The predicted octanol–water partition coefficient (Wildman–Crippen LogP) is 2.55. The third-order valence-electron chi connectivity index (χ3n) is 4.68. The fourth-order valence-corrected chi connectivity index (χ4v) is 3.61. The van der Waals surface area contributed by atoms with E-state index in [1.165, 1.54) is 25.0 Å². The minimum atomic E-state index is -0.423. The first kappa shape index (κ1) is 17.7. The molecule has 126 valence electrons. The second-order valence-corrected chi connectivity index (χ2v) is 6.38. The van der Waals surface area contributed by atoms with Gasteiger partial charge >= 0.3 is 0 Å². The number of carbonyl (C=O) groups is 1. The van der Waals surface area contributed by atoms with Gasteiger partial charge in [0.25, 0.3) is 5.69 Å². The van der Waals surface area contributed by atoms with Gasteiger partial charge in [-0.1, -0.05) is 12.1 Å². The largest absolute Gasteiger partial charge is 0.352 e. The van der Waals surface area contributed by atoms with Gasteiger partial charge in [0.15, 0.2) is 0 Å². The van der Waals surface area contributed by atoms with Crippen LogP contribution in [0.2, 0.25) is 0 Å². The van der Waals surface area contributed by atoms with Crippen LogP contribution in [0.5, 0.6) is 0 Å². The van der Waals surface area contributed by atoms with Crippen LogP contribution in [0.3, 0.4) is 0 Å². The van der Waals surface area contributed by atoms with E-state index in [2.05, 4.69) is 10.6 Å². The number of halogens is 1. The minimum absolute atomic E-state index is 0. The van der Waals surface area contributed by atoms with E-state index in [1.807, 2.05) is 0 Å². The van der Waals surface area contributed by atoms with Gasteiger partial charge in [0, 0.05) is 37.2 Å². The number of nitrogens with one attached hydrogen (secondary N) is 2. The van der Waals surface area contributed by atoms with E-state index in [1.54, 1.807) is 12.1 Å². The first-order valence-corrected chi connectivity index (χ1v) is 7.86. The Labute approximate surface area is 141 Å². The van der Waals surface area contributed by atoms with Crippen LogP contribution in [-0.2, 0) is 11.3 Å². The fourth-order valence-electron chi connectivity index (χ4n) is 3.61. The van der Waals surface area contributed by atoms with Crippen molar-refractivity contribution in [2.45, 2.75) is 50.7 Å². The molecule has 2 fully saturated rings. The SMILES string of the molecule is Cl.O=C(CC1CC2CCC(C1)N2)NCc1ccc([N+](=O)[O-])cc1. The number of nitro benzene ring substituents is 1. The Morgan fingerprint density at radius 3 is 2.39 bits per heavy atom. The molecule has 1 aromatic rings. The smallest absolute Gasteiger partial charge is 0.269 e. The number of carbonyl (C=O) groups excluding carboxylic acids is 1. The Bertz CT molecular complexity index is 552. The van der Waals surface area contributed by atoms with Crippen molar-refractivity contribution in [1.82, 2.24) is 10.6 Å². The summed E-state index contributed by atoms with van der Waals surface area (Å²) in [5, 5.41) is 17.1. The number of fused-ring (bicyclic) bond motifs is 2. The highest BCUT2D eigenvalue weighted by molar-refractivity contribution is 5.85. The summed E-state index contributed by atoms with van der Waals surface area (Å²) in [4.78, 5) is 22.2. The molecular formula is C16H22ClN3O3. The lowest BCUT2D eigenvalue weighted by atomic mass is 9.89. The third kappa shape index (κ3) is 4.65. The summed E-state index contributed by atoms with van der Waals surface area (Å²) in [6.45, 7) is 0.425. The lowest BCUT2D eigenvalue weighted by molar-refractivity contribution is -0.384. The molecule has 2 aliphatic heterocycles. The zero-order valence-corrected chi connectivity index (χ0v) is 13.7. The Morgan fingerprint density at radius 2 is 1.83 bits per heavy atom. The van der Waals surface area contributed by atoms with Crippen LogP contribution in [0.1, 0.15) is 37.7 Å². The lowest BCUT2D eigenvalue weighted by Crippen LogP contribution is -2.39. The zero-order chi connectivity index (χ0) is 15.5. The van der Waals surface area contributed by atoms with Crippen molar-refractivity contribution in [1.29, 1.82) is 0 Å². The van der Waals surface area contributed by atoms with E-state index < -0.39 is 4.92 Å². The van der Waals surface area contributed by atoms with Crippen molar-refractivity contribution in [2.24, 2.45) is 5.92 Å². The molecule has 3 rings (SSSR count). The molecule has 2 saturated heterocycles. The van der Waals surface area contributed by atoms with Crippen molar-refractivity contribution in [3.63, 3.8) is 0 Å². The maximum Gasteiger partial charge on any atom is 0.269 e. The molecule has 2 atom stereocenters. The molecule has 2 aliphatic rings. The second-order valence-electron chi connectivity index (χ2n) is 6.38. The second kappa shape index (κ2) is 7.75. The van der Waals surface area contributed by atoms with Gasteiger partial charge in [-0.2, -0.15) is 0 Å². The molecule has 0 aromatic heterocycles. The number of hydrogen-bond acceptors (Lipinski definition) is 4. The van der Waals surface area contributed by atoms with Gasteiger partial charge < -0.3 is 10.6 Å². The number of benzene rings is 1. The van der Waals surface area contributed by atoms with E-state index in [0.717, 1.165) is 18.4 Å². The standard InChI is InChI=1S/C16H21N3O3.ClH/c20-16(9-12-7-13-3-4-14(8-12)18-13)17-10-11-1-5-15(6-2-11)19(21)22;/h1-2,5-6,12-14,18H,3-4,7-10H2,(H,17,20);1H. The molecule has 2 unspecified atom stereocenters. The van der Waals surface area contributed by atoms with Crippen molar-refractivity contribution >= 4 is 24.0 Å². The van der Waals surface area contributed by atoms with E-state index >= 15 is 0 Å². The number of nitro groups is 1. The number of non-ortho nitro benzene ring substituents is 1. The normalized spacial score (nSPS) is 25.5. The van der Waals surface area contributed by atoms with Crippen LogP contribution in [0, 0.1) is 16.0 Å². The van der Waals surface area contributed by atoms with Crippen molar-refractivity contribution in [3.8, 4) is 0 Å². The van der Waals surface area contributed by atoms with Crippen molar-refractivity contribution in [2.75, 3.05) is 0 Å². The van der Waals surface area contributed by atoms with Crippen LogP contribution >= 0.6 is 12.4 Å². The molecule has 1 aromatic carbocycles. The Balaban J connectivity index is 0.00000192. The van der Waals surface area contributed by atoms with Crippen LogP contribution in [0.4, 0.5) is 5.69 Å². The molecular weight excluding hydrogens is 318 g/mol. The van der Waals surface area contributed by atoms with Crippen LogP contribution in [0.15, 0.2) is 24.3 Å². The first-order chi connectivity index (χ1) is 10.6. The summed E-state index contributed by atoms with van der Waals surface area (Å²) in [7, 11) is 0. The van der Waals surface area contributed by atoms with E-state index in [-0.39, 0.29) is 24.0 Å². The zero-order valence-electron chi connectivity index (χ0n) is 12.9. The van der Waals surface area contributed by atoms with E-state index in [4.69, 9.17) is 0 Å². The molecule has 2 bridgehead atoms. The maximum atomic E-state index is 12.1. The summed E-state index contributed by atoms with van der Waals surface area (Å²) in [5.74, 6) is 0.556. The van der Waals surface area contributed by atoms with Crippen molar-refractivity contribution in [3.05, 3.63) is 39.9 Å². The van der Waals surface area contributed by atoms with Gasteiger partial charge in [-0.05, 0) is 37.2 Å². The number of hydrogen-bond donors (Lipinski definition) is 2. The highest BCUT2D eigenvalue weighted by Gasteiger charge is 2.34. The van der Waals surface area contributed by atoms with Crippen LogP contribution < -0.4 is 10.6 Å². The van der Waals surface area contributed by atoms with Crippen LogP contribution in [0.25, 0.3) is 0 Å². The summed E-state index contributed by atoms with van der Waals surface area (Å²) < 4.78 is 0. The number of piperidine rings is 1. The van der Waals surface area contributed by atoms with Gasteiger partial charge in [-0.25, -0.2) is 0 Å². The molecule has 0 radical (unpaired) electrons. The van der Waals surface area contributed by atoms with Gasteiger partial charge in [0.05, 0.1) is 4.92 Å². The Hall–Kier alpha value is -1.66. The lowest BCUT2D eigenvalue weighted by Gasteiger charge is -2.28. The molecule has 0 aliphatic carbocycles. The minimum Gasteiger partial charge on any atom is -0.352 e. The topological polar surface area (TPSA) is 84.3 Å². The van der Waals surface area contributed by atoms with Gasteiger partial charge in [-0.15, -0.1) is 12.4 Å². The monoisotopic (exact) mass is 339 g/mol. The summed E-state index contributed by atoms with van der Waals surface area (Å²) in [6.07, 6.45) is 5.27. The Kier molecular flexibility index (Phi) is 5.96. The number of amides is 1. The molecule has 1 amide bonds. The molecule has 2 heterocycles. The van der Waals surface area contributed by atoms with Gasteiger partial charge in [-0.3, -0.25) is 14.9 Å². The average Bonchev–Trinajstić information content (AvgIpc) is 2.84. The van der Waals surface area contributed by atoms with Gasteiger partial charge in [0.2, 0.25) is 5.91 Å². The van der Waals surface area contributed by atoms with E-state index in [9.17, 15) is 14.9 Å². The summed E-state index contributed by atoms with van der Waals surface area (Å²) in [5.41, 5.74) is 0.949. The molecule has 7 heteroatoms. The summed E-state index contributed by atoms with van der Waals surface area (Å²) in [6, 6.07) is 7.50. The number of nitrogens with zero attached hydrogens (tertiary/aromatic N) is 1. The summed E-state index contributed by atoms with van der Waals surface area (Å²) >= 11 is 0. The number of rotatable bonds is 5. The molecule has 0 spiro atoms. The fraction of sp³-hybridized carbons (Fsp3) is 0.562. The maximum absolute atomic E-state index is 12.1. The van der Waals surface area contributed by atoms with Gasteiger partial charge in [0.1, 0.15) is 0 Å². The van der Waals surface area contributed by atoms with E-state index in [0.29, 0.717) is 31.0 Å². The van der Waals surface area contributed by atoms with Crippen molar-refractivity contribution < 1.29 is 9.72 Å². The van der Waals surface area contributed by atoms with Crippen LogP contribution in [-0.4, -0.2) is 22.9 Å². The third-order valence-corrected chi connectivity index (χ3v) is 4.68. The average molecular weight is 340 g/mol. The Morgan fingerprint density at radius 1 is 1.22 bits per heavy atom. The molecule has 2 N–H and O–H groups in total. The highest BCUT2D eigenvalue weighted by atomic mass is 35.5. The first-order valence-electron chi connectivity index (χ1n) is 7.86.